The van der Waals surface area contributed by atoms with Gasteiger partial charge < -0.3 is 10.1 Å². The van der Waals surface area contributed by atoms with Gasteiger partial charge in [-0.2, -0.15) is 0 Å². The Hall–Kier alpha value is -0.680. The molecule has 2 heterocycles. The van der Waals surface area contributed by atoms with Gasteiger partial charge in [0.2, 0.25) is 0 Å². The molecule has 0 spiro atoms. The number of benzene rings is 1. The second kappa shape index (κ2) is 6.18. The summed E-state index contributed by atoms with van der Waals surface area (Å²) in [6.07, 6.45) is 1.21. The van der Waals surface area contributed by atoms with Gasteiger partial charge >= 0.3 is 0 Å². The highest BCUT2D eigenvalue weighted by Gasteiger charge is 2.19. The van der Waals surface area contributed by atoms with Crippen LogP contribution >= 0.6 is 27.3 Å². The maximum absolute atomic E-state index is 5.88. The minimum atomic E-state index is 0.184. The molecule has 1 unspecified atom stereocenters. The Morgan fingerprint density at radius 2 is 2.21 bits per heavy atom. The largest absolute Gasteiger partial charge is 0.372 e. The summed E-state index contributed by atoms with van der Waals surface area (Å²) >= 11 is 5.33. The zero-order chi connectivity index (χ0) is 13.1. The fourth-order valence-corrected chi connectivity index (χ4v) is 3.88. The summed E-state index contributed by atoms with van der Waals surface area (Å²) in [5.41, 5.74) is 2.77. The van der Waals surface area contributed by atoms with E-state index in [2.05, 4.69) is 57.0 Å². The summed E-state index contributed by atoms with van der Waals surface area (Å²) in [5, 5.41) is 5.60. The van der Waals surface area contributed by atoms with Crippen LogP contribution < -0.4 is 5.32 Å². The van der Waals surface area contributed by atoms with E-state index in [9.17, 15) is 0 Å². The van der Waals surface area contributed by atoms with Crippen LogP contribution in [0.4, 0.5) is 0 Å². The molecule has 1 atom stereocenters. The number of hydrogen-bond acceptors (Lipinski definition) is 3. The maximum atomic E-state index is 5.88. The van der Waals surface area contributed by atoms with E-state index in [1.807, 2.05) is 0 Å². The average molecular weight is 338 g/mol. The third-order valence-electron chi connectivity index (χ3n) is 3.40. The van der Waals surface area contributed by atoms with Crippen molar-refractivity contribution in [3.63, 3.8) is 0 Å². The molecule has 0 aliphatic carbocycles. The predicted octanol–water partition coefficient (Wildman–Crippen LogP) is 3.91. The van der Waals surface area contributed by atoms with Crippen molar-refractivity contribution in [1.82, 2.24) is 5.32 Å². The van der Waals surface area contributed by atoms with Crippen LogP contribution in [-0.2, 0) is 17.7 Å². The first-order valence-corrected chi connectivity index (χ1v) is 8.14. The smallest absolute Gasteiger partial charge is 0.0952 e. The molecule has 3 rings (SSSR count). The van der Waals surface area contributed by atoms with Gasteiger partial charge in [0.05, 0.1) is 12.7 Å². The number of nitrogens with one attached hydrogen (secondary N) is 1. The number of fused-ring (bicyclic) bond motifs is 1. The lowest BCUT2D eigenvalue weighted by molar-refractivity contribution is 0.0424. The molecule has 0 amide bonds. The first-order valence-electron chi connectivity index (χ1n) is 6.46. The van der Waals surface area contributed by atoms with Crippen molar-refractivity contribution < 1.29 is 4.74 Å². The minimum Gasteiger partial charge on any atom is -0.372 e. The van der Waals surface area contributed by atoms with Crippen molar-refractivity contribution in [2.45, 2.75) is 19.1 Å². The lowest BCUT2D eigenvalue weighted by atomic mass is 9.97. The third kappa shape index (κ3) is 3.08. The van der Waals surface area contributed by atoms with Crippen LogP contribution in [0.25, 0.3) is 0 Å². The molecule has 1 N–H and O–H groups in total. The highest BCUT2D eigenvalue weighted by atomic mass is 79.9. The molecular formula is C15H16BrNOS. The number of ether oxygens (including phenoxy) is 1. The fourth-order valence-electron chi connectivity index (χ4n) is 2.41. The lowest BCUT2D eigenvalue weighted by Crippen LogP contribution is -2.27. The second-order valence-corrected chi connectivity index (χ2v) is 6.49. The molecule has 4 heteroatoms. The molecular weight excluding hydrogens is 322 g/mol. The molecule has 1 aromatic carbocycles. The molecule has 0 radical (unpaired) electrons. The highest BCUT2D eigenvalue weighted by molar-refractivity contribution is 9.10. The molecule has 0 saturated carbocycles. The van der Waals surface area contributed by atoms with E-state index in [0.717, 1.165) is 26.1 Å². The van der Waals surface area contributed by atoms with E-state index in [-0.39, 0.29) is 6.10 Å². The van der Waals surface area contributed by atoms with Gasteiger partial charge in [0.25, 0.3) is 0 Å². The Balaban J connectivity index is 1.61. The molecule has 0 saturated heterocycles. The van der Waals surface area contributed by atoms with Gasteiger partial charge in [-0.25, -0.2) is 0 Å². The predicted molar refractivity (Wildman–Crippen MR) is 82.6 cm³/mol. The SMILES string of the molecule is Brc1ccsc1CNCC1OCCc2ccccc21. The number of hydrogen-bond donors (Lipinski definition) is 1. The molecule has 0 bridgehead atoms. The van der Waals surface area contributed by atoms with Crippen molar-refractivity contribution in [3.8, 4) is 0 Å². The van der Waals surface area contributed by atoms with Crippen LogP contribution in [0.5, 0.6) is 0 Å². The van der Waals surface area contributed by atoms with E-state index in [0.29, 0.717) is 0 Å². The zero-order valence-electron chi connectivity index (χ0n) is 10.6. The van der Waals surface area contributed by atoms with Crippen molar-refractivity contribution in [3.05, 3.63) is 56.2 Å². The number of rotatable bonds is 4. The summed E-state index contributed by atoms with van der Waals surface area (Å²) < 4.78 is 7.07. The van der Waals surface area contributed by atoms with Crippen LogP contribution in [0.1, 0.15) is 22.1 Å². The van der Waals surface area contributed by atoms with Crippen molar-refractivity contribution >= 4 is 27.3 Å². The van der Waals surface area contributed by atoms with Gasteiger partial charge in [-0.3, -0.25) is 0 Å². The first kappa shape index (κ1) is 13.3. The van der Waals surface area contributed by atoms with Crippen LogP contribution in [0.3, 0.4) is 0 Å². The van der Waals surface area contributed by atoms with E-state index in [4.69, 9.17) is 4.74 Å². The maximum Gasteiger partial charge on any atom is 0.0952 e. The Kier molecular flexibility index (Phi) is 4.33. The summed E-state index contributed by atoms with van der Waals surface area (Å²) in [6.45, 7) is 2.58. The molecule has 2 aromatic rings. The Labute approximate surface area is 125 Å². The molecule has 0 fully saturated rings. The molecule has 1 aliphatic rings. The third-order valence-corrected chi connectivity index (χ3v) is 5.33. The van der Waals surface area contributed by atoms with Crippen LogP contribution in [0.15, 0.2) is 40.2 Å². The van der Waals surface area contributed by atoms with Crippen LogP contribution in [0, 0.1) is 0 Å². The molecule has 2 nitrogen and oxygen atoms in total. The number of thiophene rings is 1. The normalized spacial score (nSPS) is 18.3. The van der Waals surface area contributed by atoms with Crippen molar-refractivity contribution in [1.29, 1.82) is 0 Å². The van der Waals surface area contributed by atoms with Gasteiger partial charge in [0.15, 0.2) is 0 Å². The second-order valence-electron chi connectivity index (χ2n) is 4.63. The van der Waals surface area contributed by atoms with E-state index in [1.165, 1.54) is 20.5 Å². The van der Waals surface area contributed by atoms with Gasteiger partial charge in [-0.05, 0) is 44.9 Å². The van der Waals surface area contributed by atoms with Gasteiger partial charge in [-0.15, -0.1) is 11.3 Å². The molecule has 1 aromatic heterocycles. The van der Waals surface area contributed by atoms with Gasteiger partial charge in [0.1, 0.15) is 0 Å². The standard InChI is InChI=1S/C15H16BrNOS/c16-13-6-8-19-15(13)10-17-9-14-12-4-2-1-3-11(12)5-7-18-14/h1-4,6,8,14,17H,5,7,9-10H2. The van der Waals surface area contributed by atoms with Gasteiger partial charge in [-0.1, -0.05) is 24.3 Å². The average Bonchev–Trinajstić information content (AvgIpc) is 2.85. The van der Waals surface area contributed by atoms with E-state index < -0.39 is 0 Å². The molecule has 1 aliphatic heterocycles. The zero-order valence-corrected chi connectivity index (χ0v) is 13.0. The van der Waals surface area contributed by atoms with Crippen molar-refractivity contribution in [2.24, 2.45) is 0 Å². The van der Waals surface area contributed by atoms with Crippen LogP contribution in [0.2, 0.25) is 0 Å². The monoisotopic (exact) mass is 337 g/mol. The number of halogens is 1. The first-order chi connectivity index (χ1) is 9.34. The Bertz CT molecular complexity index is 555. The van der Waals surface area contributed by atoms with E-state index >= 15 is 0 Å². The Morgan fingerprint density at radius 1 is 1.32 bits per heavy atom. The van der Waals surface area contributed by atoms with Gasteiger partial charge in [0, 0.05) is 22.4 Å². The summed E-state index contributed by atoms with van der Waals surface area (Å²) in [4.78, 5) is 1.34. The summed E-state index contributed by atoms with van der Waals surface area (Å²) in [6, 6.07) is 10.7. The van der Waals surface area contributed by atoms with Crippen LogP contribution in [-0.4, -0.2) is 13.2 Å². The lowest BCUT2D eigenvalue weighted by Gasteiger charge is -2.26. The molecule has 100 valence electrons. The topological polar surface area (TPSA) is 21.3 Å². The fraction of sp³-hybridized carbons (Fsp3) is 0.333. The minimum absolute atomic E-state index is 0.184. The summed E-state index contributed by atoms with van der Waals surface area (Å²) in [7, 11) is 0. The van der Waals surface area contributed by atoms with Crippen molar-refractivity contribution in [2.75, 3.05) is 13.2 Å². The highest BCUT2D eigenvalue weighted by Crippen LogP contribution is 2.27. The molecule has 19 heavy (non-hydrogen) atoms. The van der Waals surface area contributed by atoms with E-state index in [1.54, 1.807) is 11.3 Å². The quantitative estimate of drug-likeness (QED) is 0.913. The Morgan fingerprint density at radius 3 is 3.05 bits per heavy atom. The summed E-state index contributed by atoms with van der Waals surface area (Å²) in [5.74, 6) is 0.